The molecular weight excluding hydrogens is 385 g/mol. The molecule has 0 bridgehead atoms. The van der Waals surface area contributed by atoms with Gasteiger partial charge in [-0.25, -0.2) is 8.42 Å². The number of hydrogen-bond acceptors (Lipinski definition) is 5. The predicted molar refractivity (Wildman–Crippen MR) is 105 cm³/mol. The Kier molecular flexibility index (Phi) is 10.6. The quantitative estimate of drug-likeness (QED) is 0.728. The highest BCUT2D eigenvalue weighted by Crippen LogP contribution is 2.18. The molecule has 144 valence electrons. The first kappa shape index (κ1) is 24.1. The Bertz CT molecular complexity index is 615. The van der Waals surface area contributed by atoms with Crippen LogP contribution in [0, 0.1) is 5.92 Å². The Hall–Kier alpha value is -0.860. The molecule has 25 heavy (non-hydrogen) atoms. The number of carbonyl (C=O) groups excluding carboxylic acids is 1. The molecule has 2 rings (SSSR count). The maximum Gasteiger partial charge on any atom is 0.224 e. The number of amides is 1. The number of hydrogen-bond donors (Lipinski definition) is 2. The van der Waals surface area contributed by atoms with E-state index < -0.39 is 9.84 Å². The molecule has 3 N–H and O–H groups in total. The van der Waals surface area contributed by atoms with Gasteiger partial charge in [-0.05, 0) is 5.56 Å². The second kappa shape index (κ2) is 11.0. The number of carbonyl (C=O) groups is 1. The zero-order valence-electron chi connectivity index (χ0n) is 14.3. The summed E-state index contributed by atoms with van der Waals surface area (Å²) in [6, 6.07) is 9.23. The standard InChI is InChI=1S/C16H25N3O3S.2ClH/c1-13(15(17)14-5-3-2-4-6-14)16(20)18-7-8-19-9-11-23(21,22)12-10-19;;/h2-6,13,15H,7-12,17H2,1H3,(H,18,20);2*1H. The van der Waals surface area contributed by atoms with E-state index in [-0.39, 0.29) is 54.2 Å². The molecule has 1 aliphatic rings. The van der Waals surface area contributed by atoms with Gasteiger partial charge in [0.25, 0.3) is 0 Å². The highest BCUT2D eigenvalue weighted by molar-refractivity contribution is 7.91. The van der Waals surface area contributed by atoms with E-state index in [9.17, 15) is 13.2 Å². The first-order chi connectivity index (χ1) is 10.9. The van der Waals surface area contributed by atoms with Gasteiger partial charge in [0.1, 0.15) is 0 Å². The third kappa shape index (κ3) is 7.50. The van der Waals surface area contributed by atoms with Gasteiger partial charge in [0.2, 0.25) is 5.91 Å². The zero-order valence-corrected chi connectivity index (χ0v) is 16.7. The van der Waals surface area contributed by atoms with Crippen molar-refractivity contribution in [3.63, 3.8) is 0 Å². The maximum atomic E-state index is 12.2. The summed E-state index contributed by atoms with van der Waals surface area (Å²) in [5.74, 6) is 0.0111. The Morgan fingerprint density at radius 2 is 1.76 bits per heavy atom. The molecule has 9 heteroatoms. The van der Waals surface area contributed by atoms with Crippen LogP contribution in [-0.4, -0.2) is 56.9 Å². The molecule has 1 aromatic carbocycles. The molecule has 1 amide bonds. The molecule has 0 saturated carbocycles. The second-order valence-corrected chi connectivity index (χ2v) is 8.31. The average Bonchev–Trinajstić information content (AvgIpc) is 2.55. The molecule has 1 fully saturated rings. The summed E-state index contributed by atoms with van der Waals surface area (Å²) in [5, 5.41) is 2.89. The van der Waals surface area contributed by atoms with Gasteiger partial charge in [0.15, 0.2) is 9.84 Å². The van der Waals surface area contributed by atoms with E-state index in [0.29, 0.717) is 26.2 Å². The van der Waals surface area contributed by atoms with Gasteiger partial charge in [0.05, 0.1) is 17.4 Å². The van der Waals surface area contributed by atoms with E-state index in [2.05, 4.69) is 10.2 Å². The highest BCUT2D eigenvalue weighted by atomic mass is 35.5. The van der Waals surface area contributed by atoms with Crippen LogP contribution in [0.3, 0.4) is 0 Å². The summed E-state index contributed by atoms with van der Waals surface area (Å²) in [6.45, 7) is 4.06. The molecule has 0 spiro atoms. The van der Waals surface area contributed by atoms with Gasteiger partial charge < -0.3 is 11.1 Å². The predicted octanol–water partition coefficient (Wildman–Crippen LogP) is 1.01. The lowest BCUT2D eigenvalue weighted by Crippen LogP contribution is -2.45. The van der Waals surface area contributed by atoms with Gasteiger partial charge in [0, 0.05) is 32.2 Å². The SMILES string of the molecule is CC(C(=O)NCCN1CCS(=O)(=O)CC1)C(N)c1ccccc1.Cl.Cl. The zero-order chi connectivity index (χ0) is 16.9. The fourth-order valence-corrected chi connectivity index (χ4v) is 3.88. The van der Waals surface area contributed by atoms with Gasteiger partial charge >= 0.3 is 0 Å². The third-order valence-corrected chi connectivity index (χ3v) is 5.91. The molecule has 2 unspecified atom stereocenters. The summed E-state index contributed by atoms with van der Waals surface area (Å²) in [7, 11) is -2.86. The molecule has 0 aliphatic carbocycles. The summed E-state index contributed by atoms with van der Waals surface area (Å²) < 4.78 is 22.7. The Morgan fingerprint density at radius 3 is 2.32 bits per heavy atom. The average molecular weight is 412 g/mol. The van der Waals surface area contributed by atoms with Gasteiger partial charge in [-0.2, -0.15) is 0 Å². The fraction of sp³-hybridized carbons (Fsp3) is 0.562. The fourth-order valence-electron chi connectivity index (χ4n) is 2.60. The normalized spacial score (nSPS) is 19.0. The Morgan fingerprint density at radius 1 is 1.20 bits per heavy atom. The number of nitrogens with two attached hydrogens (primary N) is 1. The molecular formula is C16H27Cl2N3O3S. The summed E-state index contributed by atoms with van der Waals surface area (Å²) in [6.07, 6.45) is 0. The van der Waals surface area contributed by atoms with Crippen LogP contribution in [0.15, 0.2) is 30.3 Å². The minimum atomic E-state index is -2.86. The number of halogens is 2. The second-order valence-electron chi connectivity index (χ2n) is 6.01. The van der Waals surface area contributed by atoms with Crippen LogP contribution in [0.1, 0.15) is 18.5 Å². The molecule has 0 aromatic heterocycles. The smallest absolute Gasteiger partial charge is 0.224 e. The Balaban J connectivity index is 0.00000288. The third-order valence-electron chi connectivity index (χ3n) is 4.30. The van der Waals surface area contributed by atoms with Crippen LogP contribution >= 0.6 is 24.8 Å². The lowest BCUT2D eigenvalue weighted by Gasteiger charge is -2.27. The van der Waals surface area contributed by atoms with Crippen molar-refractivity contribution in [1.29, 1.82) is 0 Å². The molecule has 1 aliphatic heterocycles. The molecule has 1 aromatic rings. The monoisotopic (exact) mass is 411 g/mol. The van der Waals surface area contributed by atoms with Crippen molar-refractivity contribution >= 4 is 40.6 Å². The van der Waals surface area contributed by atoms with Gasteiger partial charge in [-0.1, -0.05) is 37.3 Å². The van der Waals surface area contributed by atoms with E-state index >= 15 is 0 Å². The van der Waals surface area contributed by atoms with E-state index in [1.54, 1.807) is 0 Å². The number of sulfone groups is 1. The maximum absolute atomic E-state index is 12.2. The van der Waals surface area contributed by atoms with Crippen molar-refractivity contribution in [2.45, 2.75) is 13.0 Å². The largest absolute Gasteiger partial charge is 0.355 e. The molecule has 2 atom stereocenters. The van der Waals surface area contributed by atoms with Crippen LogP contribution < -0.4 is 11.1 Å². The molecule has 0 radical (unpaired) electrons. The van der Waals surface area contributed by atoms with Crippen molar-refractivity contribution in [2.24, 2.45) is 11.7 Å². The van der Waals surface area contributed by atoms with Crippen LogP contribution in [0.2, 0.25) is 0 Å². The van der Waals surface area contributed by atoms with Gasteiger partial charge in [-0.15, -0.1) is 24.8 Å². The van der Waals surface area contributed by atoms with Crippen LogP contribution in [0.25, 0.3) is 0 Å². The lowest BCUT2D eigenvalue weighted by molar-refractivity contribution is -0.125. The lowest BCUT2D eigenvalue weighted by atomic mass is 9.95. The van der Waals surface area contributed by atoms with E-state index in [1.165, 1.54) is 0 Å². The molecule has 1 heterocycles. The first-order valence-corrected chi connectivity index (χ1v) is 9.72. The number of benzene rings is 1. The van der Waals surface area contributed by atoms with Crippen LogP contribution in [-0.2, 0) is 14.6 Å². The molecule has 1 saturated heterocycles. The van der Waals surface area contributed by atoms with Crippen molar-refractivity contribution in [3.8, 4) is 0 Å². The van der Waals surface area contributed by atoms with Crippen LogP contribution in [0.4, 0.5) is 0 Å². The van der Waals surface area contributed by atoms with Crippen LogP contribution in [0.5, 0.6) is 0 Å². The Labute approximate surface area is 162 Å². The number of nitrogens with one attached hydrogen (secondary N) is 1. The topological polar surface area (TPSA) is 92.5 Å². The van der Waals surface area contributed by atoms with Crippen molar-refractivity contribution in [3.05, 3.63) is 35.9 Å². The van der Waals surface area contributed by atoms with E-state index in [0.717, 1.165) is 5.56 Å². The summed E-state index contributed by atoms with van der Waals surface area (Å²) >= 11 is 0. The van der Waals surface area contributed by atoms with E-state index in [4.69, 9.17) is 5.73 Å². The minimum absolute atomic E-state index is 0. The molecule has 6 nitrogen and oxygen atoms in total. The summed E-state index contributed by atoms with van der Waals surface area (Å²) in [4.78, 5) is 14.3. The number of nitrogens with zero attached hydrogens (tertiary/aromatic N) is 1. The van der Waals surface area contributed by atoms with Gasteiger partial charge in [-0.3, -0.25) is 9.69 Å². The minimum Gasteiger partial charge on any atom is -0.355 e. The van der Waals surface area contributed by atoms with Crippen molar-refractivity contribution < 1.29 is 13.2 Å². The number of rotatable bonds is 6. The summed E-state index contributed by atoms with van der Waals surface area (Å²) in [5.41, 5.74) is 7.09. The van der Waals surface area contributed by atoms with Crippen molar-refractivity contribution in [2.75, 3.05) is 37.7 Å². The first-order valence-electron chi connectivity index (χ1n) is 7.90. The van der Waals surface area contributed by atoms with Crippen molar-refractivity contribution in [1.82, 2.24) is 10.2 Å². The highest BCUT2D eigenvalue weighted by Gasteiger charge is 2.23. The van der Waals surface area contributed by atoms with E-state index in [1.807, 2.05) is 37.3 Å².